The number of nitrogens with one attached hydrogen (secondary N) is 2. The Kier molecular flexibility index (Phi) is 5.27. The predicted octanol–water partition coefficient (Wildman–Crippen LogP) is 2.97. The summed E-state index contributed by atoms with van der Waals surface area (Å²) in [5, 5.41) is 3.74. The number of hydrogen-bond donors (Lipinski definition) is 2. The maximum atomic E-state index is 13.0. The van der Waals surface area contributed by atoms with Crippen LogP contribution in [0.4, 0.5) is 11.6 Å². The van der Waals surface area contributed by atoms with Crippen molar-refractivity contribution in [2.24, 2.45) is 0 Å². The predicted molar refractivity (Wildman–Crippen MR) is 134 cm³/mol. The smallest absolute Gasteiger partial charge is 0.257 e. The summed E-state index contributed by atoms with van der Waals surface area (Å²) >= 11 is 0. The number of aromatic nitrogens is 6. The first-order valence-corrected chi connectivity index (χ1v) is 11.4. The zero-order valence-electron chi connectivity index (χ0n) is 19.1. The first kappa shape index (κ1) is 21.1. The number of likely N-dealkylation sites (N-methyl/N-ethyl adjacent to an activating group) is 1. The van der Waals surface area contributed by atoms with Gasteiger partial charge in [0.2, 0.25) is 0 Å². The van der Waals surface area contributed by atoms with Gasteiger partial charge < -0.3 is 20.1 Å². The lowest BCUT2D eigenvalue weighted by atomic mass is 10.1. The van der Waals surface area contributed by atoms with Crippen LogP contribution < -0.4 is 10.2 Å². The standard InChI is InChI=1S/C25H23N9O/c1-33-6-8-34(9-7-33)23-12-16(2-4-26-23)25(35)32-22-11-17-10-18(13-28-20(17)14-30-22)21-15-29-19-3-5-27-24(19)31-21/h2-5,10-15H,6-9H2,1H3,(H,27,31)(H,30,32,35). The summed E-state index contributed by atoms with van der Waals surface area (Å²) in [7, 11) is 2.11. The molecule has 1 aliphatic rings. The average Bonchev–Trinajstić information content (AvgIpc) is 3.37. The Bertz CT molecular complexity index is 1540. The van der Waals surface area contributed by atoms with Crippen molar-refractivity contribution in [3.63, 3.8) is 0 Å². The lowest BCUT2D eigenvalue weighted by Gasteiger charge is -2.33. The molecule has 6 rings (SSSR count). The highest BCUT2D eigenvalue weighted by atomic mass is 16.1. The highest BCUT2D eigenvalue weighted by molar-refractivity contribution is 6.04. The van der Waals surface area contributed by atoms with Gasteiger partial charge in [-0.25, -0.2) is 15.0 Å². The molecule has 1 aliphatic heterocycles. The van der Waals surface area contributed by atoms with Crippen molar-refractivity contribution in [3.05, 3.63) is 66.9 Å². The molecule has 0 radical (unpaired) electrons. The monoisotopic (exact) mass is 465 g/mol. The third kappa shape index (κ3) is 4.26. The number of anilines is 2. The Morgan fingerprint density at radius 3 is 2.69 bits per heavy atom. The number of piperazine rings is 1. The summed E-state index contributed by atoms with van der Waals surface area (Å²) in [5.74, 6) is 1.03. The van der Waals surface area contributed by atoms with E-state index in [-0.39, 0.29) is 5.91 Å². The molecule has 2 N–H and O–H groups in total. The second-order valence-electron chi connectivity index (χ2n) is 8.60. The van der Waals surface area contributed by atoms with Crippen molar-refractivity contribution in [1.82, 2.24) is 34.8 Å². The first-order chi connectivity index (χ1) is 17.1. The quantitative estimate of drug-likeness (QED) is 0.416. The third-order valence-corrected chi connectivity index (χ3v) is 6.20. The average molecular weight is 466 g/mol. The van der Waals surface area contributed by atoms with Crippen LogP contribution in [-0.2, 0) is 0 Å². The fraction of sp³-hybridized carbons (Fsp3) is 0.200. The second kappa shape index (κ2) is 8.73. The Hall–Kier alpha value is -4.44. The highest BCUT2D eigenvalue weighted by Gasteiger charge is 2.17. The summed E-state index contributed by atoms with van der Waals surface area (Å²) in [6.45, 7) is 3.72. The van der Waals surface area contributed by atoms with Crippen LogP contribution in [0.5, 0.6) is 0 Å². The van der Waals surface area contributed by atoms with E-state index in [1.165, 1.54) is 0 Å². The number of rotatable bonds is 4. The van der Waals surface area contributed by atoms with Crippen molar-refractivity contribution in [1.29, 1.82) is 0 Å². The van der Waals surface area contributed by atoms with Crippen LogP contribution in [-0.4, -0.2) is 73.9 Å². The summed E-state index contributed by atoms with van der Waals surface area (Å²) in [6.07, 6.45) is 8.61. The number of nitrogens with zero attached hydrogens (tertiary/aromatic N) is 7. The minimum Gasteiger partial charge on any atom is -0.354 e. The van der Waals surface area contributed by atoms with E-state index in [4.69, 9.17) is 0 Å². The molecule has 5 aromatic rings. The van der Waals surface area contributed by atoms with Gasteiger partial charge in [0, 0.05) is 61.3 Å². The van der Waals surface area contributed by atoms with Gasteiger partial charge in [0.15, 0.2) is 5.65 Å². The van der Waals surface area contributed by atoms with Gasteiger partial charge in [-0.2, -0.15) is 0 Å². The topological polar surface area (TPSA) is 116 Å². The van der Waals surface area contributed by atoms with Crippen molar-refractivity contribution in [3.8, 4) is 11.3 Å². The molecule has 35 heavy (non-hydrogen) atoms. The van der Waals surface area contributed by atoms with Crippen LogP contribution in [0.25, 0.3) is 33.3 Å². The fourth-order valence-corrected chi connectivity index (χ4v) is 4.16. The fourth-order valence-electron chi connectivity index (χ4n) is 4.16. The molecule has 1 saturated heterocycles. The summed E-state index contributed by atoms with van der Waals surface area (Å²) in [5.41, 5.74) is 4.34. The van der Waals surface area contributed by atoms with E-state index in [0.29, 0.717) is 17.1 Å². The van der Waals surface area contributed by atoms with Gasteiger partial charge in [-0.15, -0.1) is 0 Å². The van der Waals surface area contributed by atoms with Gasteiger partial charge in [0.25, 0.3) is 5.91 Å². The van der Waals surface area contributed by atoms with Crippen molar-refractivity contribution >= 4 is 39.6 Å². The van der Waals surface area contributed by atoms with E-state index in [1.807, 2.05) is 30.5 Å². The van der Waals surface area contributed by atoms with E-state index in [1.54, 1.807) is 30.9 Å². The van der Waals surface area contributed by atoms with Crippen LogP contribution in [0, 0.1) is 0 Å². The highest BCUT2D eigenvalue weighted by Crippen LogP contribution is 2.24. The van der Waals surface area contributed by atoms with E-state index in [2.05, 4.69) is 52.1 Å². The molecule has 6 heterocycles. The van der Waals surface area contributed by atoms with Gasteiger partial charge in [-0.1, -0.05) is 0 Å². The second-order valence-corrected chi connectivity index (χ2v) is 8.60. The number of carbonyl (C=O) groups excluding carboxylic acids is 1. The summed E-state index contributed by atoms with van der Waals surface area (Å²) in [4.78, 5) is 42.9. The minimum absolute atomic E-state index is 0.234. The molecule has 174 valence electrons. The third-order valence-electron chi connectivity index (χ3n) is 6.20. The Morgan fingerprint density at radius 2 is 1.80 bits per heavy atom. The molecule has 0 bridgehead atoms. The summed E-state index contributed by atoms with van der Waals surface area (Å²) < 4.78 is 0. The van der Waals surface area contributed by atoms with Crippen LogP contribution in [0.1, 0.15) is 10.4 Å². The maximum Gasteiger partial charge on any atom is 0.257 e. The zero-order valence-corrected chi connectivity index (χ0v) is 19.1. The maximum absolute atomic E-state index is 13.0. The molecule has 1 amide bonds. The Morgan fingerprint density at radius 1 is 0.943 bits per heavy atom. The van der Waals surface area contributed by atoms with Crippen molar-refractivity contribution in [2.45, 2.75) is 0 Å². The van der Waals surface area contributed by atoms with E-state index >= 15 is 0 Å². The number of carbonyl (C=O) groups is 1. The summed E-state index contributed by atoms with van der Waals surface area (Å²) in [6, 6.07) is 9.20. The number of H-pyrrole nitrogens is 1. The van der Waals surface area contributed by atoms with Gasteiger partial charge in [0.1, 0.15) is 17.2 Å². The van der Waals surface area contributed by atoms with Gasteiger partial charge in [0.05, 0.1) is 23.6 Å². The van der Waals surface area contributed by atoms with E-state index in [9.17, 15) is 4.79 Å². The molecule has 1 fully saturated rings. The number of fused-ring (bicyclic) bond motifs is 2. The van der Waals surface area contributed by atoms with Crippen molar-refractivity contribution in [2.75, 3.05) is 43.4 Å². The number of aromatic amines is 1. The van der Waals surface area contributed by atoms with Crippen molar-refractivity contribution < 1.29 is 4.79 Å². The van der Waals surface area contributed by atoms with Crippen LogP contribution in [0.3, 0.4) is 0 Å². The molecule has 0 spiro atoms. The normalized spacial score (nSPS) is 14.5. The zero-order chi connectivity index (χ0) is 23.8. The molecule has 0 saturated carbocycles. The Labute approximate surface area is 201 Å². The Balaban J connectivity index is 1.24. The largest absolute Gasteiger partial charge is 0.354 e. The molecule has 0 aliphatic carbocycles. The lowest BCUT2D eigenvalue weighted by molar-refractivity contribution is 0.102. The lowest BCUT2D eigenvalue weighted by Crippen LogP contribution is -2.44. The molecular formula is C25H23N9O. The van der Waals surface area contributed by atoms with Gasteiger partial charge >= 0.3 is 0 Å². The first-order valence-electron chi connectivity index (χ1n) is 11.4. The van der Waals surface area contributed by atoms with E-state index < -0.39 is 0 Å². The molecule has 0 aromatic carbocycles. The van der Waals surface area contributed by atoms with Crippen LogP contribution >= 0.6 is 0 Å². The molecule has 10 heteroatoms. The number of hydrogen-bond acceptors (Lipinski definition) is 8. The number of amides is 1. The van der Waals surface area contributed by atoms with Gasteiger partial charge in [-0.05, 0) is 37.4 Å². The molecule has 10 nitrogen and oxygen atoms in total. The number of pyridine rings is 3. The minimum atomic E-state index is -0.234. The molecule has 5 aromatic heterocycles. The van der Waals surface area contributed by atoms with Gasteiger partial charge in [-0.3, -0.25) is 14.8 Å². The molecule has 0 unspecified atom stereocenters. The van der Waals surface area contributed by atoms with E-state index in [0.717, 1.165) is 59.6 Å². The molecule has 0 atom stereocenters. The van der Waals surface area contributed by atoms with Crippen LogP contribution in [0.15, 0.2) is 61.3 Å². The SMILES string of the molecule is CN1CCN(c2cc(C(=O)Nc3cc4cc(-c5cnc6cc[nH]c6n5)cnc4cn3)ccn2)CC1. The molecular weight excluding hydrogens is 442 g/mol. The van der Waals surface area contributed by atoms with Crippen LogP contribution in [0.2, 0.25) is 0 Å².